The van der Waals surface area contributed by atoms with Gasteiger partial charge in [-0.25, -0.2) is 0 Å². The molecule has 1 N–H and O–H groups in total. The Labute approximate surface area is 139 Å². The summed E-state index contributed by atoms with van der Waals surface area (Å²) >= 11 is 0. The minimum atomic E-state index is -0.0674. The highest BCUT2D eigenvalue weighted by molar-refractivity contribution is 5.95. The molecule has 4 heteroatoms. The second kappa shape index (κ2) is 6.73. The Morgan fingerprint density at radius 1 is 1.30 bits per heavy atom. The van der Waals surface area contributed by atoms with Crippen LogP contribution in [0, 0.1) is 5.41 Å². The third-order valence-corrected chi connectivity index (χ3v) is 4.48. The van der Waals surface area contributed by atoms with E-state index in [-0.39, 0.29) is 17.9 Å². The monoisotopic (exact) mass is 316 g/mol. The number of hydrogen-bond acceptors (Lipinski definition) is 2. The molecule has 1 saturated carbocycles. The maximum atomic E-state index is 13.0. The Morgan fingerprint density at radius 3 is 2.48 bits per heavy atom. The summed E-state index contributed by atoms with van der Waals surface area (Å²) in [5.74, 6) is 0.0208. The Kier molecular flexibility index (Phi) is 5.12. The standard InChI is InChI=1S/C19H28N2O2/c1-13(2)21(17-10-19(4,5)11-17)18(23)16-8-6-7-15(9-16)12-20-14(3)22/h6-9,13,17H,10-12H2,1-5H3,(H,20,22). The quantitative estimate of drug-likeness (QED) is 0.905. The van der Waals surface area contributed by atoms with Gasteiger partial charge in [0, 0.05) is 31.1 Å². The summed E-state index contributed by atoms with van der Waals surface area (Å²) in [6.07, 6.45) is 2.12. The fourth-order valence-electron chi connectivity index (χ4n) is 3.42. The van der Waals surface area contributed by atoms with E-state index in [1.807, 2.05) is 29.2 Å². The number of amides is 2. The van der Waals surface area contributed by atoms with Gasteiger partial charge in [-0.1, -0.05) is 26.0 Å². The Balaban J connectivity index is 2.14. The van der Waals surface area contributed by atoms with Crippen molar-refractivity contribution in [3.63, 3.8) is 0 Å². The van der Waals surface area contributed by atoms with E-state index in [1.54, 1.807) is 0 Å². The van der Waals surface area contributed by atoms with Crippen LogP contribution in [0.3, 0.4) is 0 Å². The second-order valence-corrected chi connectivity index (χ2v) is 7.64. The summed E-state index contributed by atoms with van der Waals surface area (Å²) in [4.78, 5) is 26.0. The maximum Gasteiger partial charge on any atom is 0.254 e. The number of carbonyl (C=O) groups is 2. The van der Waals surface area contributed by atoms with Gasteiger partial charge >= 0.3 is 0 Å². The molecule has 0 heterocycles. The number of rotatable bonds is 5. The highest BCUT2D eigenvalue weighted by Gasteiger charge is 2.42. The molecule has 0 atom stereocenters. The van der Waals surface area contributed by atoms with Crippen LogP contribution in [0.5, 0.6) is 0 Å². The fourth-order valence-corrected chi connectivity index (χ4v) is 3.42. The summed E-state index contributed by atoms with van der Waals surface area (Å²) in [6, 6.07) is 8.07. The third-order valence-electron chi connectivity index (χ3n) is 4.48. The van der Waals surface area contributed by atoms with Crippen LogP contribution in [0.4, 0.5) is 0 Å². The van der Waals surface area contributed by atoms with Gasteiger partial charge in [0.15, 0.2) is 0 Å². The number of hydrogen-bond donors (Lipinski definition) is 1. The molecule has 2 amide bonds. The van der Waals surface area contributed by atoms with Gasteiger partial charge in [-0.2, -0.15) is 0 Å². The molecule has 0 radical (unpaired) electrons. The average molecular weight is 316 g/mol. The molecule has 1 aliphatic carbocycles. The van der Waals surface area contributed by atoms with E-state index in [4.69, 9.17) is 0 Å². The SMILES string of the molecule is CC(=O)NCc1cccc(C(=O)N(C(C)C)C2CC(C)(C)C2)c1. The van der Waals surface area contributed by atoms with Crippen LogP contribution in [0.1, 0.15) is 63.4 Å². The zero-order valence-corrected chi connectivity index (χ0v) is 14.8. The lowest BCUT2D eigenvalue weighted by Crippen LogP contribution is -2.53. The summed E-state index contributed by atoms with van der Waals surface area (Å²) in [5.41, 5.74) is 1.99. The van der Waals surface area contributed by atoms with Gasteiger partial charge in [0.1, 0.15) is 0 Å². The molecule has 2 rings (SSSR count). The van der Waals surface area contributed by atoms with Crippen molar-refractivity contribution in [1.29, 1.82) is 0 Å². The number of carbonyl (C=O) groups excluding carboxylic acids is 2. The van der Waals surface area contributed by atoms with Crippen molar-refractivity contribution in [2.75, 3.05) is 0 Å². The first-order valence-corrected chi connectivity index (χ1v) is 8.36. The summed E-state index contributed by atoms with van der Waals surface area (Å²) in [5, 5.41) is 2.77. The lowest BCUT2D eigenvalue weighted by atomic mass is 9.67. The molecular weight excluding hydrogens is 288 g/mol. The normalized spacial score (nSPS) is 16.8. The van der Waals surface area contributed by atoms with Crippen LogP contribution in [0.2, 0.25) is 0 Å². The average Bonchev–Trinajstić information content (AvgIpc) is 2.43. The molecule has 1 aliphatic rings. The van der Waals surface area contributed by atoms with Crippen LogP contribution >= 0.6 is 0 Å². The molecule has 4 nitrogen and oxygen atoms in total. The van der Waals surface area contributed by atoms with Gasteiger partial charge in [-0.3, -0.25) is 9.59 Å². The van der Waals surface area contributed by atoms with Gasteiger partial charge in [-0.15, -0.1) is 0 Å². The van der Waals surface area contributed by atoms with Crippen LogP contribution in [-0.2, 0) is 11.3 Å². The van der Waals surface area contributed by atoms with E-state index >= 15 is 0 Å². The summed E-state index contributed by atoms with van der Waals surface area (Å²) in [6.45, 7) is 10.6. The zero-order valence-electron chi connectivity index (χ0n) is 14.8. The van der Waals surface area contributed by atoms with Gasteiger partial charge < -0.3 is 10.2 Å². The zero-order chi connectivity index (χ0) is 17.2. The van der Waals surface area contributed by atoms with Crippen LogP contribution in [0.25, 0.3) is 0 Å². The van der Waals surface area contributed by atoms with Gasteiger partial charge in [0.25, 0.3) is 5.91 Å². The summed E-state index contributed by atoms with van der Waals surface area (Å²) in [7, 11) is 0. The molecule has 0 unspecified atom stereocenters. The Bertz CT molecular complexity index is 585. The number of benzene rings is 1. The maximum absolute atomic E-state index is 13.0. The van der Waals surface area contributed by atoms with Gasteiger partial charge in [-0.05, 0) is 49.8 Å². The smallest absolute Gasteiger partial charge is 0.254 e. The Morgan fingerprint density at radius 2 is 1.96 bits per heavy atom. The van der Waals surface area contributed by atoms with Crippen molar-refractivity contribution in [2.24, 2.45) is 5.41 Å². The van der Waals surface area contributed by atoms with Crippen LogP contribution in [-0.4, -0.2) is 28.8 Å². The van der Waals surface area contributed by atoms with Crippen LogP contribution in [0.15, 0.2) is 24.3 Å². The van der Waals surface area contributed by atoms with E-state index < -0.39 is 0 Å². The van der Waals surface area contributed by atoms with E-state index in [2.05, 4.69) is 33.0 Å². The first-order valence-electron chi connectivity index (χ1n) is 8.36. The molecular formula is C19H28N2O2. The van der Waals surface area contributed by atoms with Crippen molar-refractivity contribution >= 4 is 11.8 Å². The van der Waals surface area contributed by atoms with Crippen LogP contribution < -0.4 is 5.32 Å². The first-order chi connectivity index (χ1) is 10.7. The van der Waals surface area contributed by atoms with Gasteiger partial charge in [0.05, 0.1) is 0 Å². The highest BCUT2D eigenvalue weighted by atomic mass is 16.2. The molecule has 126 valence electrons. The molecule has 0 aromatic heterocycles. The summed E-state index contributed by atoms with van der Waals surface area (Å²) < 4.78 is 0. The van der Waals surface area contributed by atoms with E-state index in [9.17, 15) is 9.59 Å². The van der Waals surface area contributed by atoms with E-state index in [0.717, 1.165) is 18.4 Å². The van der Waals surface area contributed by atoms with Gasteiger partial charge in [0.2, 0.25) is 5.91 Å². The number of nitrogens with one attached hydrogen (secondary N) is 1. The lowest BCUT2D eigenvalue weighted by Gasteiger charge is -2.49. The van der Waals surface area contributed by atoms with Crippen molar-refractivity contribution in [3.8, 4) is 0 Å². The molecule has 0 bridgehead atoms. The van der Waals surface area contributed by atoms with E-state index in [1.165, 1.54) is 6.92 Å². The van der Waals surface area contributed by atoms with Crippen molar-refractivity contribution in [3.05, 3.63) is 35.4 Å². The van der Waals surface area contributed by atoms with E-state index in [0.29, 0.717) is 23.6 Å². The minimum absolute atomic E-state index is 0.0674. The highest BCUT2D eigenvalue weighted by Crippen LogP contribution is 2.43. The van der Waals surface area contributed by atoms with Crippen molar-refractivity contribution in [1.82, 2.24) is 10.2 Å². The minimum Gasteiger partial charge on any atom is -0.352 e. The number of nitrogens with zero attached hydrogens (tertiary/aromatic N) is 1. The second-order valence-electron chi connectivity index (χ2n) is 7.64. The molecule has 0 spiro atoms. The molecule has 0 saturated heterocycles. The molecule has 1 aromatic rings. The molecule has 23 heavy (non-hydrogen) atoms. The van der Waals surface area contributed by atoms with Crippen molar-refractivity contribution < 1.29 is 9.59 Å². The van der Waals surface area contributed by atoms with Crippen molar-refractivity contribution in [2.45, 2.75) is 66.1 Å². The predicted octanol–water partition coefficient (Wildman–Crippen LogP) is 3.36. The molecule has 1 aromatic carbocycles. The lowest BCUT2D eigenvalue weighted by molar-refractivity contribution is -0.119. The third kappa shape index (κ3) is 4.34. The largest absolute Gasteiger partial charge is 0.352 e. The predicted molar refractivity (Wildman–Crippen MR) is 92.1 cm³/mol. The molecule has 1 fully saturated rings. The first kappa shape index (κ1) is 17.5. The Hall–Kier alpha value is -1.84. The fraction of sp³-hybridized carbons (Fsp3) is 0.579. The topological polar surface area (TPSA) is 49.4 Å². The molecule has 0 aliphatic heterocycles.